The number of alkyl halides is 3. The predicted molar refractivity (Wildman–Crippen MR) is 24.0 cm³/mol. The molecule has 0 rings (SSSR count). The van der Waals surface area contributed by atoms with Crippen molar-refractivity contribution in [2.75, 3.05) is 6.61 Å². The van der Waals surface area contributed by atoms with Crippen LogP contribution < -0.4 is 5.90 Å². The van der Waals surface area contributed by atoms with Gasteiger partial charge in [-0.2, -0.15) is 13.2 Å². The van der Waals surface area contributed by atoms with Gasteiger partial charge in [-0.05, 0) is 0 Å². The molecule has 0 radical (unpaired) electrons. The summed E-state index contributed by atoms with van der Waals surface area (Å²) in [4.78, 5) is 3.76. The first-order valence-electron chi connectivity index (χ1n) is 1.94. The van der Waals surface area contributed by atoms with Crippen LogP contribution in [0.15, 0.2) is 0 Å². The highest BCUT2D eigenvalue weighted by Crippen LogP contribution is 2.11. The van der Waals surface area contributed by atoms with E-state index in [1.54, 1.807) is 5.92 Å². The van der Waals surface area contributed by atoms with E-state index in [9.17, 15) is 13.2 Å². The summed E-state index contributed by atoms with van der Waals surface area (Å²) in [5.41, 5.74) is 0. The third-order valence-corrected chi connectivity index (χ3v) is 0.386. The monoisotopic (exact) mass is 139 g/mol. The molecule has 0 unspecified atom stereocenters. The van der Waals surface area contributed by atoms with Gasteiger partial charge in [0.1, 0.15) is 6.61 Å². The van der Waals surface area contributed by atoms with Crippen LogP contribution in [0, 0.1) is 11.8 Å². The molecule has 2 N–H and O–H groups in total. The Morgan fingerprint density at radius 3 is 2.33 bits per heavy atom. The maximum absolute atomic E-state index is 11.1. The van der Waals surface area contributed by atoms with Gasteiger partial charge in [0.05, 0.1) is 0 Å². The summed E-state index contributed by atoms with van der Waals surface area (Å²) in [7, 11) is 0. The highest BCUT2D eigenvalue weighted by Gasteiger charge is 2.22. The molecule has 0 aliphatic heterocycles. The minimum atomic E-state index is -4.45. The summed E-state index contributed by atoms with van der Waals surface area (Å²) in [6.45, 7) is -0.403. The van der Waals surface area contributed by atoms with E-state index in [0.717, 1.165) is 5.92 Å². The van der Waals surface area contributed by atoms with E-state index in [-0.39, 0.29) is 0 Å². The molecule has 5 heteroatoms. The number of hydrogen-bond acceptors (Lipinski definition) is 2. The Bertz CT molecular complexity index is 131. The van der Waals surface area contributed by atoms with Crippen LogP contribution in [0.4, 0.5) is 13.2 Å². The SMILES string of the molecule is NOCC#CC(F)(F)F. The van der Waals surface area contributed by atoms with Gasteiger partial charge in [-0.15, -0.1) is 0 Å². The third kappa shape index (κ3) is 7.27. The Morgan fingerprint density at radius 1 is 1.44 bits per heavy atom. The largest absolute Gasteiger partial charge is 0.457 e. The summed E-state index contributed by atoms with van der Waals surface area (Å²) in [6, 6.07) is 0. The van der Waals surface area contributed by atoms with Gasteiger partial charge in [-0.3, -0.25) is 4.84 Å². The Morgan fingerprint density at radius 2 is 2.00 bits per heavy atom. The summed E-state index contributed by atoms with van der Waals surface area (Å²) in [6.07, 6.45) is -4.45. The molecule has 0 aromatic carbocycles. The quantitative estimate of drug-likeness (QED) is 0.422. The minimum Gasteiger partial charge on any atom is -0.292 e. The number of halogens is 3. The van der Waals surface area contributed by atoms with E-state index in [1.165, 1.54) is 0 Å². The first-order chi connectivity index (χ1) is 4.06. The molecule has 0 fully saturated rings. The standard InChI is InChI=1S/C4H4F3NO/c5-4(6,7)2-1-3-9-8/h3,8H2. The van der Waals surface area contributed by atoms with E-state index < -0.39 is 12.8 Å². The summed E-state index contributed by atoms with van der Waals surface area (Å²) in [5, 5.41) is 0. The average molecular weight is 139 g/mol. The average Bonchev–Trinajstić information content (AvgIpc) is 1.63. The second-order valence-corrected chi connectivity index (χ2v) is 1.11. The fourth-order valence-corrected chi connectivity index (χ4v) is 0.178. The van der Waals surface area contributed by atoms with Crippen LogP contribution in [-0.4, -0.2) is 12.8 Å². The van der Waals surface area contributed by atoms with Gasteiger partial charge in [0.15, 0.2) is 0 Å². The zero-order valence-electron chi connectivity index (χ0n) is 4.33. The molecular formula is C4H4F3NO. The third-order valence-electron chi connectivity index (χ3n) is 0.386. The van der Waals surface area contributed by atoms with Gasteiger partial charge in [-0.1, -0.05) is 5.92 Å². The van der Waals surface area contributed by atoms with Gasteiger partial charge in [0.25, 0.3) is 0 Å². The Balaban J connectivity index is 3.59. The summed E-state index contributed by atoms with van der Waals surface area (Å²) in [5.74, 6) is 7.01. The fraction of sp³-hybridized carbons (Fsp3) is 0.500. The fourth-order valence-electron chi connectivity index (χ4n) is 0.178. The van der Waals surface area contributed by atoms with E-state index >= 15 is 0 Å². The molecule has 0 aromatic rings. The molecule has 0 saturated heterocycles. The lowest BCUT2D eigenvalue weighted by atomic mass is 10.6. The van der Waals surface area contributed by atoms with Crippen molar-refractivity contribution in [1.82, 2.24) is 0 Å². The van der Waals surface area contributed by atoms with E-state index in [4.69, 9.17) is 0 Å². The van der Waals surface area contributed by atoms with Crippen LogP contribution in [0.3, 0.4) is 0 Å². The van der Waals surface area contributed by atoms with Crippen LogP contribution in [0.5, 0.6) is 0 Å². The number of hydrogen-bond donors (Lipinski definition) is 1. The van der Waals surface area contributed by atoms with Crippen LogP contribution in [0.2, 0.25) is 0 Å². The lowest BCUT2D eigenvalue weighted by molar-refractivity contribution is -0.0698. The molecule has 52 valence electrons. The molecular weight excluding hydrogens is 135 g/mol. The molecule has 0 heterocycles. The van der Waals surface area contributed by atoms with Crippen LogP contribution in [-0.2, 0) is 4.84 Å². The normalized spacial score (nSPS) is 10.2. The van der Waals surface area contributed by atoms with Crippen molar-refractivity contribution in [3.8, 4) is 11.8 Å². The molecule has 0 aromatic heterocycles. The van der Waals surface area contributed by atoms with E-state index in [0.29, 0.717) is 0 Å². The van der Waals surface area contributed by atoms with Crippen LogP contribution >= 0.6 is 0 Å². The van der Waals surface area contributed by atoms with E-state index in [1.807, 2.05) is 0 Å². The second kappa shape index (κ2) is 3.33. The molecule has 9 heavy (non-hydrogen) atoms. The maximum Gasteiger partial charge on any atom is 0.457 e. The van der Waals surface area contributed by atoms with Gasteiger partial charge in [0.2, 0.25) is 0 Å². The Hall–Kier alpha value is -0.730. The highest BCUT2D eigenvalue weighted by molar-refractivity contribution is 5.04. The second-order valence-electron chi connectivity index (χ2n) is 1.11. The molecule has 0 spiro atoms. The molecule has 0 saturated carbocycles. The summed E-state index contributed by atoms with van der Waals surface area (Å²) < 4.78 is 33.3. The van der Waals surface area contributed by atoms with Crippen molar-refractivity contribution in [2.24, 2.45) is 5.90 Å². The Kier molecular flexibility index (Phi) is 3.06. The highest BCUT2D eigenvalue weighted by atomic mass is 19.4. The smallest absolute Gasteiger partial charge is 0.292 e. The lowest BCUT2D eigenvalue weighted by Crippen LogP contribution is -2.04. The van der Waals surface area contributed by atoms with Gasteiger partial charge >= 0.3 is 6.18 Å². The molecule has 0 amide bonds. The van der Waals surface area contributed by atoms with Crippen molar-refractivity contribution in [3.63, 3.8) is 0 Å². The molecule has 0 atom stereocenters. The molecule has 2 nitrogen and oxygen atoms in total. The van der Waals surface area contributed by atoms with Gasteiger partial charge in [-0.25, -0.2) is 5.90 Å². The summed E-state index contributed by atoms with van der Waals surface area (Å²) >= 11 is 0. The first-order valence-corrected chi connectivity index (χ1v) is 1.94. The van der Waals surface area contributed by atoms with Crippen molar-refractivity contribution in [3.05, 3.63) is 0 Å². The zero-order chi connectivity index (χ0) is 7.33. The van der Waals surface area contributed by atoms with Crippen molar-refractivity contribution in [1.29, 1.82) is 0 Å². The van der Waals surface area contributed by atoms with Gasteiger partial charge < -0.3 is 0 Å². The Labute approximate surface area is 49.7 Å². The molecule has 0 aliphatic rings. The van der Waals surface area contributed by atoms with Gasteiger partial charge in [0, 0.05) is 5.92 Å². The topological polar surface area (TPSA) is 35.2 Å². The minimum absolute atomic E-state index is 0.403. The first kappa shape index (κ1) is 8.27. The van der Waals surface area contributed by atoms with Crippen molar-refractivity contribution < 1.29 is 18.0 Å². The molecule has 0 bridgehead atoms. The zero-order valence-corrected chi connectivity index (χ0v) is 4.33. The van der Waals surface area contributed by atoms with Crippen molar-refractivity contribution >= 4 is 0 Å². The van der Waals surface area contributed by atoms with Crippen LogP contribution in [0.25, 0.3) is 0 Å². The predicted octanol–water partition coefficient (Wildman–Crippen LogP) is 0.442. The number of rotatable bonds is 1. The van der Waals surface area contributed by atoms with E-state index in [2.05, 4.69) is 10.7 Å². The van der Waals surface area contributed by atoms with Crippen LogP contribution in [0.1, 0.15) is 0 Å². The van der Waals surface area contributed by atoms with Crippen molar-refractivity contribution in [2.45, 2.75) is 6.18 Å². The lowest BCUT2D eigenvalue weighted by Gasteiger charge is -1.90. The maximum atomic E-state index is 11.1. The number of nitrogens with two attached hydrogens (primary N) is 1. The molecule has 0 aliphatic carbocycles.